The van der Waals surface area contributed by atoms with E-state index in [1.165, 1.54) is 16.6 Å². The summed E-state index contributed by atoms with van der Waals surface area (Å²) in [7, 11) is 0. The van der Waals surface area contributed by atoms with Crippen LogP contribution >= 0.6 is 0 Å². The molecule has 0 atom stereocenters. The fourth-order valence-corrected chi connectivity index (χ4v) is 2.09. The van der Waals surface area contributed by atoms with E-state index in [2.05, 4.69) is 37.5 Å². The topological polar surface area (TPSA) is 40.2 Å². The summed E-state index contributed by atoms with van der Waals surface area (Å²) in [5.41, 5.74) is 9.05. The lowest BCUT2D eigenvalue weighted by Gasteiger charge is -2.10. The Hall–Kier alpha value is -1.48. The second-order valence-corrected chi connectivity index (χ2v) is 4.56. The van der Waals surface area contributed by atoms with Gasteiger partial charge >= 0.3 is 0 Å². The minimum absolute atomic E-state index is 0.253. The Morgan fingerprint density at radius 1 is 1.29 bits per heavy atom. The van der Waals surface area contributed by atoms with Crippen LogP contribution in [0, 0.1) is 0 Å². The highest BCUT2D eigenvalue weighted by molar-refractivity contribution is 5.84. The Kier molecular flexibility index (Phi) is 3.38. The van der Waals surface area contributed by atoms with Crippen LogP contribution in [-0.4, -0.2) is 10.7 Å². The van der Waals surface area contributed by atoms with Crippen molar-refractivity contribution in [1.82, 2.24) is 4.57 Å². The van der Waals surface area contributed by atoms with Crippen LogP contribution in [0.15, 0.2) is 24.3 Å². The van der Waals surface area contributed by atoms with E-state index in [1.807, 2.05) is 12.1 Å². The van der Waals surface area contributed by atoms with Crippen LogP contribution in [0.2, 0.25) is 0 Å². The number of rotatable bonds is 4. The number of aryl methyl sites for hydroxylation is 1. The van der Waals surface area contributed by atoms with Crippen molar-refractivity contribution in [2.24, 2.45) is 0 Å². The molecule has 17 heavy (non-hydrogen) atoms. The summed E-state index contributed by atoms with van der Waals surface area (Å²) in [5, 5.41) is 1.19. The number of nitrogens with zero attached hydrogens (tertiary/aromatic N) is 1. The van der Waals surface area contributed by atoms with E-state index in [1.54, 1.807) is 0 Å². The van der Waals surface area contributed by atoms with Gasteiger partial charge in [0, 0.05) is 28.8 Å². The predicted molar refractivity (Wildman–Crippen MR) is 71.9 cm³/mol. The van der Waals surface area contributed by atoms with Gasteiger partial charge in [-0.1, -0.05) is 0 Å². The fourth-order valence-electron chi connectivity index (χ4n) is 2.09. The van der Waals surface area contributed by atoms with Crippen LogP contribution in [0.4, 0.5) is 5.69 Å². The van der Waals surface area contributed by atoms with Crippen molar-refractivity contribution in [3.05, 3.63) is 30.0 Å². The molecule has 1 aromatic heterocycles. The van der Waals surface area contributed by atoms with Crippen LogP contribution in [0.25, 0.3) is 10.9 Å². The molecule has 1 aromatic carbocycles. The van der Waals surface area contributed by atoms with E-state index in [-0.39, 0.29) is 6.10 Å². The van der Waals surface area contributed by atoms with Crippen LogP contribution in [0.5, 0.6) is 0 Å². The number of nitrogen functional groups attached to an aromatic ring is 1. The van der Waals surface area contributed by atoms with Gasteiger partial charge in [-0.05, 0) is 45.0 Å². The van der Waals surface area contributed by atoms with Crippen molar-refractivity contribution < 1.29 is 4.74 Å². The Bertz CT molecular complexity index is 514. The quantitative estimate of drug-likeness (QED) is 0.822. The van der Waals surface area contributed by atoms with Crippen molar-refractivity contribution in [2.45, 2.75) is 40.0 Å². The van der Waals surface area contributed by atoms with E-state index >= 15 is 0 Å². The summed E-state index contributed by atoms with van der Waals surface area (Å²) >= 11 is 0. The van der Waals surface area contributed by atoms with E-state index in [4.69, 9.17) is 10.5 Å². The second-order valence-electron chi connectivity index (χ2n) is 4.56. The van der Waals surface area contributed by atoms with Crippen LogP contribution in [0.1, 0.15) is 26.5 Å². The Morgan fingerprint density at radius 3 is 2.71 bits per heavy atom. The van der Waals surface area contributed by atoms with E-state index in [0.29, 0.717) is 6.61 Å². The third kappa shape index (κ3) is 2.44. The maximum atomic E-state index is 5.81. The number of aromatic nitrogens is 1. The number of anilines is 1. The van der Waals surface area contributed by atoms with E-state index in [0.717, 1.165) is 12.2 Å². The SMILES string of the molecule is CCn1c(COC(C)C)cc2cc(N)ccc21. The van der Waals surface area contributed by atoms with Gasteiger partial charge in [0.2, 0.25) is 0 Å². The summed E-state index contributed by atoms with van der Waals surface area (Å²) < 4.78 is 7.95. The maximum Gasteiger partial charge on any atom is 0.0871 e. The molecular formula is C14H20N2O. The Morgan fingerprint density at radius 2 is 2.06 bits per heavy atom. The van der Waals surface area contributed by atoms with Gasteiger partial charge in [0.05, 0.1) is 12.7 Å². The molecule has 0 aliphatic rings. The average Bonchev–Trinajstić information content (AvgIpc) is 2.62. The summed E-state index contributed by atoms with van der Waals surface area (Å²) in [5.74, 6) is 0. The number of ether oxygens (including phenoxy) is 1. The number of nitrogens with two attached hydrogens (primary N) is 1. The lowest BCUT2D eigenvalue weighted by atomic mass is 10.2. The van der Waals surface area contributed by atoms with Crippen molar-refractivity contribution in [3.63, 3.8) is 0 Å². The molecule has 2 aromatic rings. The van der Waals surface area contributed by atoms with E-state index < -0.39 is 0 Å². The van der Waals surface area contributed by atoms with Crippen molar-refractivity contribution in [1.29, 1.82) is 0 Å². The van der Waals surface area contributed by atoms with Crippen molar-refractivity contribution >= 4 is 16.6 Å². The summed E-state index contributed by atoms with van der Waals surface area (Å²) in [6.07, 6.45) is 0.253. The van der Waals surface area contributed by atoms with Gasteiger partial charge in [-0.3, -0.25) is 0 Å². The fraction of sp³-hybridized carbons (Fsp3) is 0.429. The first-order valence-electron chi connectivity index (χ1n) is 6.11. The van der Waals surface area contributed by atoms with Gasteiger partial charge < -0.3 is 15.0 Å². The molecule has 0 aliphatic heterocycles. The van der Waals surface area contributed by atoms with Gasteiger partial charge in [0.25, 0.3) is 0 Å². The Balaban J connectivity index is 2.41. The second kappa shape index (κ2) is 4.80. The highest BCUT2D eigenvalue weighted by Gasteiger charge is 2.08. The maximum absolute atomic E-state index is 5.81. The molecule has 0 fully saturated rings. The molecule has 0 amide bonds. The molecule has 0 saturated heterocycles. The zero-order chi connectivity index (χ0) is 12.4. The summed E-state index contributed by atoms with van der Waals surface area (Å²) in [4.78, 5) is 0. The number of fused-ring (bicyclic) bond motifs is 1. The molecule has 92 valence electrons. The molecule has 0 spiro atoms. The molecule has 0 saturated carbocycles. The smallest absolute Gasteiger partial charge is 0.0871 e. The predicted octanol–water partition coefficient (Wildman–Crippen LogP) is 3.17. The third-order valence-corrected chi connectivity index (χ3v) is 2.89. The first-order valence-corrected chi connectivity index (χ1v) is 6.11. The largest absolute Gasteiger partial charge is 0.399 e. The molecule has 0 bridgehead atoms. The molecule has 2 rings (SSSR count). The van der Waals surface area contributed by atoms with Crippen molar-refractivity contribution in [2.75, 3.05) is 5.73 Å². The average molecular weight is 232 g/mol. The van der Waals surface area contributed by atoms with Gasteiger partial charge in [-0.2, -0.15) is 0 Å². The molecular weight excluding hydrogens is 212 g/mol. The lowest BCUT2D eigenvalue weighted by Crippen LogP contribution is -2.07. The first-order chi connectivity index (χ1) is 8.11. The van der Waals surface area contributed by atoms with Gasteiger partial charge in [0.1, 0.15) is 0 Å². The number of hydrogen-bond donors (Lipinski definition) is 1. The normalized spacial score (nSPS) is 11.5. The molecule has 0 unspecified atom stereocenters. The van der Waals surface area contributed by atoms with Gasteiger partial charge in [0.15, 0.2) is 0 Å². The highest BCUT2D eigenvalue weighted by atomic mass is 16.5. The molecule has 3 nitrogen and oxygen atoms in total. The van der Waals surface area contributed by atoms with Gasteiger partial charge in [-0.25, -0.2) is 0 Å². The number of benzene rings is 1. The van der Waals surface area contributed by atoms with Gasteiger partial charge in [-0.15, -0.1) is 0 Å². The summed E-state index contributed by atoms with van der Waals surface area (Å²) in [6.45, 7) is 7.85. The number of hydrogen-bond acceptors (Lipinski definition) is 2. The highest BCUT2D eigenvalue weighted by Crippen LogP contribution is 2.23. The third-order valence-electron chi connectivity index (χ3n) is 2.89. The molecule has 0 radical (unpaired) electrons. The lowest BCUT2D eigenvalue weighted by molar-refractivity contribution is 0.0620. The zero-order valence-corrected chi connectivity index (χ0v) is 10.7. The summed E-state index contributed by atoms with van der Waals surface area (Å²) in [6, 6.07) is 8.20. The van der Waals surface area contributed by atoms with E-state index in [9.17, 15) is 0 Å². The molecule has 3 heteroatoms. The van der Waals surface area contributed by atoms with Crippen LogP contribution < -0.4 is 5.73 Å². The molecule has 1 heterocycles. The van der Waals surface area contributed by atoms with Crippen molar-refractivity contribution in [3.8, 4) is 0 Å². The zero-order valence-electron chi connectivity index (χ0n) is 10.7. The monoisotopic (exact) mass is 232 g/mol. The van der Waals surface area contributed by atoms with Crippen LogP contribution in [0.3, 0.4) is 0 Å². The minimum Gasteiger partial charge on any atom is -0.399 e. The first kappa shape index (κ1) is 12.0. The molecule has 2 N–H and O–H groups in total. The Labute approximate surface area is 102 Å². The minimum atomic E-state index is 0.253. The molecule has 0 aliphatic carbocycles. The van der Waals surface area contributed by atoms with Crippen LogP contribution in [-0.2, 0) is 17.9 Å². The standard InChI is InChI=1S/C14H20N2O/c1-4-16-13(9-17-10(2)3)8-11-7-12(15)5-6-14(11)16/h5-8,10H,4,9,15H2,1-3H3.